The van der Waals surface area contributed by atoms with E-state index in [1.54, 1.807) is 12.1 Å². The molecule has 1 aromatic rings. The van der Waals surface area contributed by atoms with Gasteiger partial charge in [-0.3, -0.25) is 4.79 Å². The Morgan fingerprint density at radius 2 is 2.06 bits per heavy atom. The van der Waals surface area contributed by atoms with Crippen molar-refractivity contribution in [1.82, 2.24) is 4.90 Å². The number of hydrogen-bond acceptors (Lipinski definition) is 1. The van der Waals surface area contributed by atoms with Crippen LogP contribution in [-0.4, -0.2) is 23.4 Å². The average molecular weight is 249 g/mol. The first-order valence-electron chi connectivity index (χ1n) is 6.74. The monoisotopic (exact) mass is 249 g/mol. The smallest absolute Gasteiger partial charge is 0.227 e. The van der Waals surface area contributed by atoms with E-state index in [1.165, 1.54) is 18.6 Å². The number of nitrogens with zero attached hydrogens (tertiary/aromatic N) is 1. The van der Waals surface area contributed by atoms with Gasteiger partial charge in [-0.15, -0.1) is 0 Å². The van der Waals surface area contributed by atoms with Gasteiger partial charge in [0.05, 0.1) is 6.42 Å². The van der Waals surface area contributed by atoms with E-state index >= 15 is 0 Å². The zero-order valence-corrected chi connectivity index (χ0v) is 10.9. The molecule has 3 heteroatoms. The molecule has 0 saturated carbocycles. The van der Waals surface area contributed by atoms with Gasteiger partial charge in [0.15, 0.2) is 0 Å². The summed E-state index contributed by atoms with van der Waals surface area (Å²) >= 11 is 0. The fraction of sp³-hybridized carbons (Fsp3) is 0.533. The molecule has 1 aliphatic heterocycles. The van der Waals surface area contributed by atoms with Crippen LogP contribution in [0.5, 0.6) is 0 Å². The number of halogens is 1. The Morgan fingerprint density at radius 1 is 1.33 bits per heavy atom. The van der Waals surface area contributed by atoms with Gasteiger partial charge < -0.3 is 4.90 Å². The van der Waals surface area contributed by atoms with Crippen LogP contribution < -0.4 is 0 Å². The lowest BCUT2D eigenvalue weighted by atomic mass is 9.99. The van der Waals surface area contributed by atoms with Crippen LogP contribution in [0.15, 0.2) is 24.3 Å². The number of likely N-dealkylation sites (tertiary alicyclic amines) is 1. The van der Waals surface area contributed by atoms with Crippen molar-refractivity contribution in [2.24, 2.45) is 0 Å². The normalized spacial score (nSPS) is 19.9. The summed E-state index contributed by atoms with van der Waals surface area (Å²) in [5.41, 5.74) is 0.891. The number of piperidine rings is 1. The van der Waals surface area contributed by atoms with E-state index in [2.05, 4.69) is 6.92 Å². The third-order valence-electron chi connectivity index (χ3n) is 3.69. The van der Waals surface area contributed by atoms with Crippen LogP contribution in [0.3, 0.4) is 0 Å². The summed E-state index contributed by atoms with van der Waals surface area (Å²) in [5.74, 6) is -0.0798. The summed E-state index contributed by atoms with van der Waals surface area (Å²) in [5, 5.41) is 0. The molecule has 1 fully saturated rings. The maximum Gasteiger partial charge on any atom is 0.227 e. The van der Waals surface area contributed by atoms with Crippen LogP contribution >= 0.6 is 0 Å². The second-order valence-corrected chi connectivity index (χ2v) is 4.95. The van der Waals surface area contributed by atoms with Crippen LogP contribution in [0.25, 0.3) is 0 Å². The molecular weight excluding hydrogens is 229 g/mol. The van der Waals surface area contributed by atoms with Crippen molar-refractivity contribution in [2.75, 3.05) is 6.54 Å². The van der Waals surface area contributed by atoms with Crippen LogP contribution in [0.1, 0.15) is 38.2 Å². The molecule has 1 aliphatic rings. The quantitative estimate of drug-likeness (QED) is 0.805. The van der Waals surface area contributed by atoms with Gasteiger partial charge in [-0.2, -0.15) is 0 Å². The summed E-state index contributed by atoms with van der Waals surface area (Å²) < 4.78 is 12.8. The first kappa shape index (κ1) is 13.1. The molecular formula is C15H20FNO. The summed E-state index contributed by atoms with van der Waals surface area (Å²) in [6, 6.07) is 6.61. The van der Waals surface area contributed by atoms with Crippen molar-refractivity contribution in [3.63, 3.8) is 0 Å². The number of hydrogen-bond donors (Lipinski definition) is 0. The predicted octanol–water partition coefficient (Wildman–Crippen LogP) is 3.16. The largest absolute Gasteiger partial charge is 0.339 e. The van der Waals surface area contributed by atoms with Crippen LogP contribution in [0.4, 0.5) is 4.39 Å². The van der Waals surface area contributed by atoms with E-state index in [0.717, 1.165) is 31.4 Å². The number of benzene rings is 1. The van der Waals surface area contributed by atoms with Gasteiger partial charge in [-0.25, -0.2) is 4.39 Å². The molecule has 98 valence electrons. The second kappa shape index (κ2) is 5.98. The van der Waals surface area contributed by atoms with Crippen LogP contribution in [0.2, 0.25) is 0 Å². The van der Waals surface area contributed by atoms with E-state index in [9.17, 15) is 9.18 Å². The van der Waals surface area contributed by atoms with Crippen molar-refractivity contribution in [3.05, 3.63) is 35.6 Å². The zero-order chi connectivity index (χ0) is 13.0. The molecule has 0 radical (unpaired) electrons. The number of amides is 1. The Morgan fingerprint density at radius 3 is 2.72 bits per heavy atom. The maximum atomic E-state index is 12.8. The molecule has 1 amide bonds. The van der Waals surface area contributed by atoms with Gasteiger partial charge in [0.1, 0.15) is 5.82 Å². The van der Waals surface area contributed by atoms with Gasteiger partial charge in [0.25, 0.3) is 0 Å². The third-order valence-corrected chi connectivity index (χ3v) is 3.69. The van der Waals surface area contributed by atoms with Crippen molar-refractivity contribution < 1.29 is 9.18 Å². The summed E-state index contributed by atoms with van der Waals surface area (Å²) in [6.07, 6.45) is 4.85. The number of rotatable bonds is 3. The maximum absolute atomic E-state index is 12.8. The topological polar surface area (TPSA) is 20.3 Å². The highest BCUT2D eigenvalue weighted by molar-refractivity contribution is 5.79. The molecule has 0 spiro atoms. The van der Waals surface area contributed by atoms with E-state index in [4.69, 9.17) is 0 Å². The molecule has 1 atom stereocenters. The Kier molecular flexibility index (Phi) is 4.34. The van der Waals surface area contributed by atoms with Crippen molar-refractivity contribution >= 4 is 5.91 Å². The van der Waals surface area contributed by atoms with Crippen molar-refractivity contribution in [1.29, 1.82) is 0 Å². The molecule has 1 aromatic carbocycles. The SMILES string of the molecule is CC[C@H]1CCCCN1C(=O)Cc1ccc(F)cc1. The highest BCUT2D eigenvalue weighted by Crippen LogP contribution is 2.20. The molecule has 0 aromatic heterocycles. The fourth-order valence-corrected chi connectivity index (χ4v) is 2.63. The van der Waals surface area contributed by atoms with Gasteiger partial charge in [0.2, 0.25) is 5.91 Å². The van der Waals surface area contributed by atoms with Gasteiger partial charge in [0, 0.05) is 12.6 Å². The Labute approximate surface area is 108 Å². The second-order valence-electron chi connectivity index (χ2n) is 4.95. The van der Waals surface area contributed by atoms with Crippen LogP contribution in [0, 0.1) is 5.82 Å². The van der Waals surface area contributed by atoms with Crippen LogP contribution in [-0.2, 0) is 11.2 Å². The van der Waals surface area contributed by atoms with Crippen molar-refractivity contribution in [3.8, 4) is 0 Å². The molecule has 0 aliphatic carbocycles. The molecule has 1 saturated heterocycles. The lowest BCUT2D eigenvalue weighted by Gasteiger charge is -2.35. The minimum absolute atomic E-state index is 0.174. The van der Waals surface area contributed by atoms with E-state index < -0.39 is 0 Å². The molecule has 18 heavy (non-hydrogen) atoms. The third kappa shape index (κ3) is 3.09. The average Bonchev–Trinajstić information content (AvgIpc) is 2.41. The summed E-state index contributed by atoms with van der Waals surface area (Å²) in [6.45, 7) is 3.01. The van der Waals surface area contributed by atoms with E-state index in [1.807, 2.05) is 4.90 Å². The molecule has 2 nitrogen and oxygen atoms in total. The zero-order valence-electron chi connectivity index (χ0n) is 10.9. The summed E-state index contributed by atoms with van der Waals surface area (Å²) in [4.78, 5) is 14.3. The van der Waals surface area contributed by atoms with E-state index in [-0.39, 0.29) is 11.7 Å². The Balaban J connectivity index is 2.00. The Bertz CT molecular complexity index is 401. The Hall–Kier alpha value is -1.38. The fourth-order valence-electron chi connectivity index (χ4n) is 2.63. The molecule has 1 heterocycles. The van der Waals surface area contributed by atoms with E-state index in [0.29, 0.717) is 12.5 Å². The molecule has 0 unspecified atom stereocenters. The minimum Gasteiger partial charge on any atom is -0.339 e. The van der Waals surface area contributed by atoms with Gasteiger partial charge in [-0.05, 0) is 43.4 Å². The minimum atomic E-state index is -0.254. The molecule has 0 N–H and O–H groups in total. The first-order valence-corrected chi connectivity index (χ1v) is 6.74. The predicted molar refractivity (Wildman–Crippen MR) is 69.7 cm³/mol. The number of carbonyl (C=O) groups excluding carboxylic acids is 1. The van der Waals surface area contributed by atoms with Crippen molar-refractivity contribution in [2.45, 2.75) is 45.1 Å². The first-order chi connectivity index (χ1) is 8.70. The lowest BCUT2D eigenvalue weighted by Crippen LogP contribution is -2.44. The van der Waals surface area contributed by atoms with Gasteiger partial charge in [-0.1, -0.05) is 19.1 Å². The number of carbonyl (C=O) groups is 1. The summed E-state index contributed by atoms with van der Waals surface area (Å²) in [7, 11) is 0. The molecule has 0 bridgehead atoms. The van der Waals surface area contributed by atoms with Gasteiger partial charge >= 0.3 is 0 Å². The highest BCUT2D eigenvalue weighted by atomic mass is 19.1. The lowest BCUT2D eigenvalue weighted by molar-refractivity contribution is -0.134. The highest BCUT2D eigenvalue weighted by Gasteiger charge is 2.24. The standard InChI is InChI=1S/C15H20FNO/c1-2-14-5-3-4-10-17(14)15(18)11-12-6-8-13(16)9-7-12/h6-9,14H,2-5,10-11H2,1H3/t14-/m0/s1. The molecule has 2 rings (SSSR count).